The molecule has 0 unspecified atom stereocenters. The molecular weight excluding hydrogens is 219 g/mol. The molecule has 0 aromatic carbocycles. The molecule has 6 heteroatoms. The van der Waals surface area contributed by atoms with E-state index in [2.05, 4.69) is 10.3 Å². The van der Waals surface area contributed by atoms with E-state index in [0.717, 1.165) is 32.1 Å². The van der Waals surface area contributed by atoms with Crippen LogP contribution in [0.1, 0.15) is 18.5 Å². The maximum atomic E-state index is 12.3. The van der Waals surface area contributed by atoms with Crippen LogP contribution in [0.5, 0.6) is 0 Å². The highest BCUT2D eigenvalue weighted by Crippen LogP contribution is 2.27. The van der Waals surface area contributed by atoms with Crippen molar-refractivity contribution in [2.75, 3.05) is 13.1 Å². The maximum absolute atomic E-state index is 12.3. The molecule has 0 saturated carbocycles. The van der Waals surface area contributed by atoms with Gasteiger partial charge in [0.25, 0.3) is 0 Å². The van der Waals surface area contributed by atoms with Crippen LogP contribution in [0.3, 0.4) is 0 Å². The topological polar surface area (TPSA) is 29.9 Å². The fourth-order valence-corrected chi connectivity index (χ4v) is 1.97. The average Bonchev–Trinajstić information content (AvgIpc) is 2.67. The molecule has 0 spiro atoms. The molecule has 0 amide bonds. The van der Waals surface area contributed by atoms with Gasteiger partial charge in [0.1, 0.15) is 0 Å². The van der Waals surface area contributed by atoms with Crippen molar-refractivity contribution in [3.8, 4) is 0 Å². The molecule has 3 nitrogen and oxygen atoms in total. The molecule has 0 aliphatic carbocycles. The summed E-state index contributed by atoms with van der Waals surface area (Å²) in [5.74, 6) is 0.455. The second-order valence-corrected chi connectivity index (χ2v) is 4.15. The Morgan fingerprint density at radius 3 is 2.62 bits per heavy atom. The van der Waals surface area contributed by atoms with Gasteiger partial charge in [0.15, 0.2) is 5.69 Å². The van der Waals surface area contributed by atoms with E-state index in [4.69, 9.17) is 0 Å². The molecule has 90 valence electrons. The van der Waals surface area contributed by atoms with Gasteiger partial charge in [-0.3, -0.25) is 0 Å². The van der Waals surface area contributed by atoms with Gasteiger partial charge in [-0.15, -0.1) is 0 Å². The van der Waals surface area contributed by atoms with Gasteiger partial charge in [0.05, 0.1) is 6.33 Å². The Morgan fingerprint density at radius 1 is 1.38 bits per heavy atom. The molecule has 1 aromatic heterocycles. The summed E-state index contributed by atoms with van der Waals surface area (Å²) < 4.78 is 38.4. The van der Waals surface area contributed by atoms with Crippen LogP contribution in [0, 0.1) is 5.92 Å². The number of alkyl halides is 3. The first kappa shape index (κ1) is 11.4. The quantitative estimate of drug-likeness (QED) is 0.845. The zero-order valence-corrected chi connectivity index (χ0v) is 8.80. The Kier molecular flexibility index (Phi) is 3.18. The van der Waals surface area contributed by atoms with Crippen molar-refractivity contribution >= 4 is 0 Å². The fraction of sp³-hybridized carbons (Fsp3) is 0.700. The zero-order chi connectivity index (χ0) is 11.6. The summed E-state index contributed by atoms with van der Waals surface area (Å²) in [7, 11) is 0. The van der Waals surface area contributed by atoms with Gasteiger partial charge in [0, 0.05) is 12.7 Å². The summed E-state index contributed by atoms with van der Waals surface area (Å²) in [6, 6.07) is 0. The summed E-state index contributed by atoms with van der Waals surface area (Å²) in [6.07, 6.45) is 0.0469. The molecule has 1 N–H and O–H groups in total. The summed E-state index contributed by atoms with van der Waals surface area (Å²) in [5, 5.41) is 3.23. The second kappa shape index (κ2) is 4.45. The molecule has 2 rings (SSSR count). The van der Waals surface area contributed by atoms with Gasteiger partial charge in [-0.25, -0.2) is 4.98 Å². The van der Waals surface area contributed by atoms with E-state index in [0.29, 0.717) is 12.5 Å². The van der Waals surface area contributed by atoms with Gasteiger partial charge < -0.3 is 9.88 Å². The normalized spacial score (nSPS) is 18.9. The van der Waals surface area contributed by atoms with Crippen LogP contribution >= 0.6 is 0 Å². The lowest BCUT2D eigenvalue weighted by molar-refractivity contribution is -0.141. The molecule has 16 heavy (non-hydrogen) atoms. The minimum atomic E-state index is -4.33. The van der Waals surface area contributed by atoms with Crippen LogP contribution < -0.4 is 5.32 Å². The number of aromatic nitrogens is 2. The van der Waals surface area contributed by atoms with E-state index in [1.807, 2.05) is 0 Å². The third kappa shape index (κ3) is 2.75. The first-order valence-corrected chi connectivity index (χ1v) is 5.35. The molecule has 1 saturated heterocycles. The molecule has 0 radical (unpaired) electrons. The SMILES string of the molecule is FC(F)(F)c1cn(CC2CCNCC2)cn1. The number of nitrogens with one attached hydrogen (secondary N) is 1. The fourth-order valence-electron chi connectivity index (χ4n) is 1.97. The molecule has 0 atom stereocenters. The van der Waals surface area contributed by atoms with Crippen molar-refractivity contribution < 1.29 is 13.2 Å². The molecule has 1 aromatic rings. The first-order chi connectivity index (χ1) is 7.55. The van der Waals surface area contributed by atoms with Crippen LogP contribution in [0.4, 0.5) is 13.2 Å². The Bertz CT molecular complexity index is 339. The maximum Gasteiger partial charge on any atom is 0.434 e. The highest BCUT2D eigenvalue weighted by molar-refractivity contribution is 5.01. The lowest BCUT2D eigenvalue weighted by Crippen LogP contribution is -2.29. The Balaban J connectivity index is 1.97. The standard InChI is InChI=1S/C10H14F3N3/c11-10(12,13)9-6-16(7-15-9)5-8-1-3-14-4-2-8/h6-8,14H,1-5H2. The molecule has 1 aliphatic heterocycles. The monoisotopic (exact) mass is 233 g/mol. The Hall–Kier alpha value is -1.04. The van der Waals surface area contributed by atoms with Crippen LogP contribution in [0.25, 0.3) is 0 Å². The number of halogens is 3. The summed E-state index contributed by atoms with van der Waals surface area (Å²) in [5.41, 5.74) is -0.804. The number of imidazole rings is 1. The second-order valence-electron chi connectivity index (χ2n) is 4.15. The highest BCUT2D eigenvalue weighted by atomic mass is 19.4. The van der Waals surface area contributed by atoms with Crippen molar-refractivity contribution in [1.82, 2.24) is 14.9 Å². The zero-order valence-electron chi connectivity index (χ0n) is 8.80. The Labute approximate surface area is 91.7 Å². The predicted molar refractivity (Wildman–Crippen MR) is 52.8 cm³/mol. The van der Waals surface area contributed by atoms with E-state index in [9.17, 15) is 13.2 Å². The van der Waals surface area contributed by atoms with E-state index in [1.165, 1.54) is 6.33 Å². The lowest BCUT2D eigenvalue weighted by atomic mass is 9.98. The van der Waals surface area contributed by atoms with Gasteiger partial charge in [-0.05, 0) is 31.8 Å². The smallest absolute Gasteiger partial charge is 0.337 e. The third-order valence-corrected chi connectivity index (χ3v) is 2.85. The van der Waals surface area contributed by atoms with E-state index >= 15 is 0 Å². The molecule has 2 heterocycles. The van der Waals surface area contributed by atoms with E-state index in [-0.39, 0.29) is 0 Å². The van der Waals surface area contributed by atoms with Crippen molar-refractivity contribution in [1.29, 1.82) is 0 Å². The van der Waals surface area contributed by atoms with Crippen molar-refractivity contribution in [3.63, 3.8) is 0 Å². The van der Waals surface area contributed by atoms with Gasteiger partial charge >= 0.3 is 6.18 Å². The molecule has 1 fully saturated rings. The van der Waals surface area contributed by atoms with Gasteiger partial charge in [-0.1, -0.05) is 0 Å². The lowest BCUT2D eigenvalue weighted by Gasteiger charge is -2.22. The van der Waals surface area contributed by atoms with Crippen LogP contribution in [-0.2, 0) is 12.7 Å². The Morgan fingerprint density at radius 2 is 2.06 bits per heavy atom. The van der Waals surface area contributed by atoms with Gasteiger partial charge in [-0.2, -0.15) is 13.2 Å². The number of hydrogen-bond donors (Lipinski definition) is 1. The summed E-state index contributed by atoms with van der Waals surface area (Å²) in [4.78, 5) is 3.38. The van der Waals surface area contributed by atoms with E-state index < -0.39 is 11.9 Å². The van der Waals surface area contributed by atoms with Crippen molar-refractivity contribution in [2.24, 2.45) is 5.92 Å². The predicted octanol–water partition coefficient (Wildman–Crippen LogP) is 1.90. The summed E-state index contributed by atoms with van der Waals surface area (Å²) >= 11 is 0. The average molecular weight is 233 g/mol. The van der Waals surface area contributed by atoms with E-state index in [1.54, 1.807) is 4.57 Å². The largest absolute Gasteiger partial charge is 0.434 e. The third-order valence-electron chi connectivity index (χ3n) is 2.85. The molecular formula is C10H14F3N3. The van der Waals surface area contributed by atoms with Crippen LogP contribution in [0.15, 0.2) is 12.5 Å². The highest BCUT2D eigenvalue weighted by Gasteiger charge is 2.33. The number of hydrogen-bond acceptors (Lipinski definition) is 2. The molecule has 1 aliphatic rings. The minimum Gasteiger partial charge on any atom is -0.337 e. The van der Waals surface area contributed by atoms with Crippen molar-refractivity contribution in [3.05, 3.63) is 18.2 Å². The van der Waals surface area contributed by atoms with Crippen molar-refractivity contribution in [2.45, 2.75) is 25.6 Å². The number of nitrogens with zero attached hydrogens (tertiary/aromatic N) is 2. The van der Waals surface area contributed by atoms with Crippen LogP contribution in [0.2, 0.25) is 0 Å². The van der Waals surface area contributed by atoms with Gasteiger partial charge in [0.2, 0.25) is 0 Å². The number of piperidine rings is 1. The molecule has 0 bridgehead atoms. The number of rotatable bonds is 2. The summed E-state index contributed by atoms with van der Waals surface area (Å²) in [6.45, 7) is 2.53. The first-order valence-electron chi connectivity index (χ1n) is 5.35. The van der Waals surface area contributed by atoms with Crippen LogP contribution in [-0.4, -0.2) is 22.6 Å². The minimum absolute atomic E-state index is 0.455.